The Morgan fingerprint density at radius 2 is 2.05 bits per heavy atom. The summed E-state index contributed by atoms with van der Waals surface area (Å²) in [4.78, 5) is 2.34. The van der Waals surface area contributed by atoms with Crippen molar-refractivity contribution < 1.29 is 0 Å². The number of nitrogens with zero attached hydrogens (tertiary/aromatic N) is 4. The molecule has 0 aromatic carbocycles. The first-order chi connectivity index (χ1) is 9.31. The Bertz CT molecular complexity index is 468. The van der Waals surface area contributed by atoms with Gasteiger partial charge in [0.1, 0.15) is 6.07 Å². The van der Waals surface area contributed by atoms with Gasteiger partial charge in [0.05, 0.1) is 0 Å². The molecule has 0 atom stereocenters. The van der Waals surface area contributed by atoms with Crippen molar-refractivity contribution in [2.45, 2.75) is 36.9 Å². The number of anilines is 1. The molecule has 1 spiro atoms. The Labute approximate surface area is 118 Å². The number of rotatable bonds is 1. The van der Waals surface area contributed by atoms with Crippen LogP contribution in [0.3, 0.4) is 0 Å². The minimum Gasteiger partial charge on any atom is -0.353 e. The smallest absolute Gasteiger partial charge is 0.163 e. The molecule has 4 nitrogen and oxygen atoms in total. The van der Waals surface area contributed by atoms with Crippen molar-refractivity contribution in [2.24, 2.45) is 0 Å². The zero-order valence-corrected chi connectivity index (χ0v) is 11.8. The van der Waals surface area contributed by atoms with Crippen LogP contribution in [0.5, 0.6) is 0 Å². The van der Waals surface area contributed by atoms with Gasteiger partial charge < -0.3 is 4.90 Å². The quantitative estimate of drug-likeness (QED) is 0.788. The molecule has 0 radical (unpaired) electrons. The van der Waals surface area contributed by atoms with E-state index in [0.29, 0.717) is 10.4 Å². The Balaban J connectivity index is 1.75. The van der Waals surface area contributed by atoms with E-state index in [-0.39, 0.29) is 0 Å². The minimum absolute atomic E-state index is 0.391. The third-order valence-electron chi connectivity index (χ3n) is 4.10. The lowest BCUT2D eigenvalue weighted by atomic mass is 9.87. The monoisotopic (exact) mass is 274 g/mol. The molecule has 1 aromatic heterocycles. The lowest BCUT2D eigenvalue weighted by Gasteiger charge is -2.45. The maximum absolute atomic E-state index is 8.77. The fraction of sp³-hybridized carbons (Fsp3) is 0.643. The molecule has 0 amide bonds. The predicted molar refractivity (Wildman–Crippen MR) is 77.2 cm³/mol. The van der Waals surface area contributed by atoms with Gasteiger partial charge in [-0.3, -0.25) is 0 Å². The predicted octanol–water partition coefficient (Wildman–Crippen LogP) is 2.60. The summed E-state index contributed by atoms with van der Waals surface area (Å²) in [5.74, 6) is 2.09. The molecule has 1 aliphatic heterocycles. The van der Waals surface area contributed by atoms with Gasteiger partial charge in [0, 0.05) is 23.6 Å². The third-order valence-corrected chi connectivity index (χ3v) is 5.64. The highest BCUT2D eigenvalue weighted by Gasteiger charge is 2.37. The SMILES string of the molecule is N#Cc1ccc(N2CCSC3(CCCCC3)C2)nn1. The Kier molecular flexibility index (Phi) is 3.61. The average Bonchev–Trinajstić information content (AvgIpc) is 2.48. The van der Waals surface area contributed by atoms with Crippen molar-refractivity contribution in [1.29, 1.82) is 5.26 Å². The standard InChI is InChI=1S/C14H18N4S/c15-10-12-4-5-13(17-16-12)18-8-9-19-14(11-18)6-2-1-3-7-14/h4-5H,1-3,6-9,11H2. The van der Waals surface area contributed by atoms with E-state index in [0.717, 1.165) is 18.9 Å². The van der Waals surface area contributed by atoms with E-state index >= 15 is 0 Å². The van der Waals surface area contributed by atoms with Gasteiger partial charge >= 0.3 is 0 Å². The fourth-order valence-electron chi connectivity index (χ4n) is 3.09. The summed E-state index contributed by atoms with van der Waals surface area (Å²) in [5.41, 5.74) is 0.391. The molecule has 5 heteroatoms. The maximum Gasteiger partial charge on any atom is 0.163 e. The van der Waals surface area contributed by atoms with Crippen molar-refractivity contribution in [3.8, 4) is 6.07 Å². The second-order valence-corrected chi connectivity index (χ2v) is 6.97. The molecule has 2 fully saturated rings. The van der Waals surface area contributed by atoms with Crippen molar-refractivity contribution >= 4 is 17.6 Å². The lowest BCUT2D eigenvalue weighted by Crippen LogP contribution is -2.48. The van der Waals surface area contributed by atoms with E-state index in [2.05, 4.69) is 26.9 Å². The first-order valence-corrected chi connectivity index (χ1v) is 7.93. The average molecular weight is 274 g/mol. The van der Waals surface area contributed by atoms with Crippen LogP contribution in [0, 0.1) is 11.3 Å². The minimum atomic E-state index is 0.391. The molecule has 1 saturated heterocycles. The van der Waals surface area contributed by atoms with Crippen molar-refractivity contribution in [1.82, 2.24) is 10.2 Å². The summed E-state index contributed by atoms with van der Waals surface area (Å²) in [6.45, 7) is 2.12. The fourth-order valence-corrected chi connectivity index (χ4v) is 4.66. The molecule has 0 unspecified atom stereocenters. The Morgan fingerprint density at radius 1 is 1.21 bits per heavy atom. The highest BCUT2D eigenvalue weighted by Crippen LogP contribution is 2.43. The molecule has 19 heavy (non-hydrogen) atoms. The zero-order chi connectivity index (χ0) is 13.1. The normalized spacial score (nSPS) is 22.2. The molecular weight excluding hydrogens is 256 g/mol. The molecule has 0 bridgehead atoms. The molecule has 1 saturated carbocycles. The number of thioether (sulfide) groups is 1. The van der Waals surface area contributed by atoms with Crippen LogP contribution >= 0.6 is 11.8 Å². The van der Waals surface area contributed by atoms with Crippen LogP contribution in [0.4, 0.5) is 5.82 Å². The first kappa shape index (κ1) is 12.7. The molecule has 100 valence electrons. The van der Waals surface area contributed by atoms with Gasteiger partial charge in [0.2, 0.25) is 0 Å². The summed E-state index contributed by atoms with van der Waals surface area (Å²) in [5, 5.41) is 16.9. The van der Waals surface area contributed by atoms with Gasteiger partial charge in [-0.05, 0) is 25.0 Å². The van der Waals surface area contributed by atoms with Gasteiger partial charge in [-0.2, -0.15) is 17.0 Å². The number of aromatic nitrogens is 2. The van der Waals surface area contributed by atoms with Crippen molar-refractivity contribution in [3.05, 3.63) is 17.8 Å². The first-order valence-electron chi connectivity index (χ1n) is 6.94. The number of nitriles is 1. The summed E-state index contributed by atoms with van der Waals surface area (Å²) in [7, 11) is 0. The van der Waals surface area contributed by atoms with E-state index in [1.807, 2.05) is 12.1 Å². The van der Waals surface area contributed by atoms with E-state index in [9.17, 15) is 0 Å². The van der Waals surface area contributed by atoms with Crippen LogP contribution in [-0.2, 0) is 0 Å². The third kappa shape index (κ3) is 2.69. The van der Waals surface area contributed by atoms with Crippen LogP contribution in [0.2, 0.25) is 0 Å². The number of hydrogen-bond acceptors (Lipinski definition) is 5. The molecule has 1 aromatic rings. The van der Waals surface area contributed by atoms with Crippen LogP contribution in [0.1, 0.15) is 37.8 Å². The van der Waals surface area contributed by atoms with Gasteiger partial charge in [-0.25, -0.2) is 0 Å². The highest BCUT2D eigenvalue weighted by molar-refractivity contribution is 8.00. The maximum atomic E-state index is 8.77. The van der Waals surface area contributed by atoms with Gasteiger partial charge in [0.15, 0.2) is 11.5 Å². The second-order valence-electron chi connectivity index (χ2n) is 5.40. The topological polar surface area (TPSA) is 52.8 Å². The van der Waals surface area contributed by atoms with Crippen LogP contribution in [0.25, 0.3) is 0 Å². The van der Waals surface area contributed by atoms with E-state index in [4.69, 9.17) is 5.26 Å². The van der Waals surface area contributed by atoms with E-state index in [1.165, 1.54) is 37.9 Å². The van der Waals surface area contributed by atoms with Crippen molar-refractivity contribution in [3.63, 3.8) is 0 Å². The van der Waals surface area contributed by atoms with Gasteiger partial charge in [-0.1, -0.05) is 19.3 Å². The molecule has 2 heterocycles. The van der Waals surface area contributed by atoms with E-state index in [1.54, 1.807) is 6.07 Å². The molecule has 1 aliphatic carbocycles. The number of hydrogen-bond donors (Lipinski definition) is 0. The molecule has 2 aliphatic rings. The molecule has 0 N–H and O–H groups in total. The zero-order valence-electron chi connectivity index (χ0n) is 11.0. The highest BCUT2D eigenvalue weighted by atomic mass is 32.2. The van der Waals surface area contributed by atoms with Crippen LogP contribution < -0.4 is 4.90 Å². The molecule has 3 rings (SSSR count). The van der Waals surface area contributed by atoms with Gasteiger partial charge in [0.25, 0.3) is 0 Å². The summed E-state index contributed by atoms with van der Waals surface area (Å²) >= 11 is 2.15. The van der Waals surface area contributed by atoms with E-state index < -0.39 is 0 Å². The summed E-state index contributed by atoms with van der Waals surface area (Å²) in [6.07, 6.45) is 6.77. The lowest BCUT2D eigenvalue weighted by molar-refractivity contribution is 0.390. The summed E-state index contributed by atoms with van der Waals surface area (Å²) in [6, 6.07) is 5.71. The molecular formula is C14H18N4S. The van der Waals surface area contributed by atoms with Crippen molar-refractivity contribution in [2.75, 3.05) is 23.7 Å². The van der Waals surface area contributed by atoms with Crippen LogP contribution in [-0.4, -0.2) is 33.8 Å². The van der Waals surface area contributed by atoms with Gasteiger partial charge in [-0.15, -0.1) is 10.2 Å². The Hall–Kier alpha value is -1.28. The second kappa shape index (κ2) is 5.38. The Morgan fingerprint density at radius 3 is 2.74 bits per heavy atom. The largest absolute Gasteiger partial charge is 0.353 e. The summed E-state index contributed by atoms with van der Waals surface area (Å²) < 4.78 is 0.437. The van der Waals surface area contributed by atoms with Crippen LogP contribution in [0.15, 0.2) is 12.1 Å².